The quantitative estimate of drug-likeness (QED) is 0.665. The summed E-state index contributed by atoms with van der Waals surface area (Å²) in [5.41, 5.74) is 1.43. The maximum atomic E-state index is 5.78. The van der Waals surface area contributed by atoms with Gasteiger partial charge in [-0.3, -0.25) is 0 Å². The zero-order valence-electron chi connectivity index (χ0n) is 9.84. The first-order valence-electron chi connectivity index (χ1n) is 5.52. The molecule has 0 amide bonds. The number of hydrogen-bond acceptors (Lipinski definition) is 1. The number of ether oxygens (including phenoxy) is 1. The second-order valence-corrected chi connectivity index (χ2v) is 4.92. The van der Waals surface area contributed by atoms with Crippen LogP contribution in [0.3, 0.4) is 0 Å². The fourth-order valence-corrected chi connectivity index (χ4v) is 1.53. The third-order valence-electron chi connectivity index (χ3n) is 2.36. The van der Waals surface area contributed by atoms with Gasteiger partial charge in [-0.1, -0.05) is 30.7 Å². The van der Waals surface area contributed by atoms with E-state index in [0.717, 1.165) is 19.4 Å². The first-order chi connectivity index (χ1) is 6.51. The smallest absolute Gasteiger partial charge is 0.0598 e. The molecular weight excluding hydrogens is 172 g/mol. The van der Waals surface area contributed by atoms with Crippen molar-refractivity contribution in [1.82, 2.24) is 0 Å². The van der Waals surface area contributed by atoms with Crippen LogP contribution in [0.5, 0.6) is 0 Å². The number of rotatable bonds is 3. The lowest BCUT2D eigenvalue weighted by molar-refractivity contribution is -0.0151. The highest BCUT2D eigenvalue weighted by Crippen LogP contribution is 2.20. The summed E-state index contributed by atoms with van der Waals surface area (Å²) < 4.78 is 5.78. The van der Waals surface area contributed by atoms with Crippen LogP contribution in [0.15, 0.2) is 23.8 Å². The van der Waals surface area contributed by atoms with Crippen molar-refractivity contribution in [2.45, 2.75) is 46.1 Å². The zero-order valence-corrected chi connectivity index (χ0v) is 9.84. The Morgan fingerprint density at radius 1 is 1.43 bits per heavy atom. The molecule has 0 aromatic rings. The summed E-state index contributed by atoms with van der Waals surface area (Å²) in [4.78, 5) is 0. The van der Waals surface area contributed by atoms with E-state index in [1.165, 1.54) is 5.57 Å². The van der Waals surface area contributed by atoms with Gasteiger partial charge in [0.05, 0.1) is 12.2 Å². The Morgan fingerprint density at radius 2 is 2.14 bits per heavy atom. The minimum absolute atomic E-state index is 0.0125. The van der Waals surface area contributed by atoms with Gasteiger partial charge in [-0.2, -0.15) is 0 Å². The van der Waals surface area contributed by atoms with E-state index in [-0.39, 0.29) is 5.60 Å². The van der Waals surface area contributed by atoms with Crippen molar-refractivity contribution < 1.29 is 4.74 Å². The van der Waals surface area contributed by atoms with E-state index in [0.29, 0.717) is 5.92 Å². The molecule has 0 saturated carbocycles. The number of hydrogen-bond donors (Lipinski definition) is 0. The monoisotopic (exact) mass is 194 g/mol. The topological polar surface area (TPSA) is 9.23 Å². The van der Waals surface area contributed by atoms with Crippen LogP contribution in [0.25, 0.3) is 0 Å². The second kappa shape index (κ2) is 4.79. The summed E-state index contributed by atoms with van der Waals surface area (Å²) in [6, 6.07) is 0. The van der Waals surface area contributed by atoms with E-state index in [1.54, 1.807) is 0 Å². The molecule has 1 unspecified atom stereocenters. The molecule has 1 aliphatic carbocycles. The Kier molecular flexibility index (Phi) is 3.94. The van der Waals surface area contributed by atoms with Crippen molar-refractivity contribution in [3.05, 3.63) is 23.8 Å². The molecular formula is C13H22O. The summed E-state index contributed by atoms with van der Waals surface area (Å²) in [7, 11) is 0. The minimum atomic E-state index is -0.0125. The maximum Gasteiger partial charge on any atom is 0.0598 e. The highest BCUT2D eigenvalue weighted by molar-refractivity contribution is 5.23. The lowest BCUT2D eigenvalue weighted by atomic mass is 9.95. The average molecular weight is 194 g/mol. The molecule has 0 saturated heterocycles. The molecule has 0 fully saturated rings. The van der Waals surface area contributed by atoms with E-state index in [1.807, 2.05) is 0 Å². The molecule has 0 aromatic carbocycles. The Labute approximate surface area is 87.8 Å². The highest BCUT2D eigenvalue weighted by Gasteiger charge is 2.14. The minimum Gasteiger partial charge on any atom is -0.375 e. The van der Waals surface area contributed by atoms with Crippen LogP contribution in [0.4, 0.5) is 0 Å². The Hall–Kier alpha value is -0.560. The van der Waals surface area contributed by atoms with Gasteiger partial charge in [0, 0.05) is 5.92 Å². The van der Waals surface area contributed by atoms with Crippen LogP contribution in [0.1, 0.15) is 40.5 Å². The van der Waals surface area contributed by atoms with Crippen molar-refractivity contribution in [3.8, 4) is 0 Å². The molecule has 14 heavy (non-hydrogen) atoms. The predicted molar refractivity (Wildman–Crippen MR) is 61.3 cm³/mol. The van der Waals surface area contributed by atoms with E-state index in [9.17, 15) is 0 Å². The van der Waals surface area contributed by atoms with Gasteiger partial charge in [0.25, 0.3) is 0 Å². The molecule has 1 nitrogen and oxygen atoms in total. The highest BCUT2D eigenvalue weighted by atomic mass is 16.5. The first-order valence-corrected chi connectivity index (χ1v) is 5.52. The average Bonchev–Trinajstić information content (AvgIpc) is 2.14. The molecule has 0 bridgehead atoms. The summed E-state index contributed by atoms with van der Waals surface area (Å²) in [6.07, 6.45) is 9.09. The van der Waals surface area contributed by atoms with E-state index >= 15 is 0 Å². The summed E-state index contributed by atoms with van der Waals surface area (Å²) in [5, 5.41) is 0. The van der Waals surface area contributed by atoms with Crippen LogP contribution in [0, 0.1) is 5.92 Å². The van der Waals surface area contributed by atoms with E-state index in [2.05, 4.69) is 45.9 Å². The molecule has 0 N–H and O–H groups in total. The molecule has 0 aliphatic heterocycles. The van der Waals surface area contributed by atoms with Gasteiger partial charge in [-0.05, 0) is 33.6 Å². The predicted octanol–water partition coefficient (Wildman–Crippen LogP) is 3.71. The first kappa shape index (κ1) is 11.5. The van der Waals surface area contributed by atoms with Crippen LogP contribution >= 0.6 is 0 Å². The fourth-order valence-electron chi connectivity index (χ4n) is 1.53. The second-order valence-electron chi connectivity index (χ2n) is 4.92. The van der Waals surface area contributed by atoms with E-state index in [4.69, 9.17) is 4.74 Å². The van der Waals surface area contributed by atoms with Gasteiger partial charge in [0.15, 0.2) is 0 Å². The Morgan fingerprint density at radius 3 is 2.71 bits per heavy atom. The van der Waals surface area contributed by atoms with Gasteiger partial charge in [0.1, 0.15) is 0 Å². The SMILES string of the molecule is CCC1=CC(COC(C)(C)C)CC=C1. The third-order valence-corrected chi connectivity index (χ3v) is 2.36. The van der Waals surface area contributed by atoms with Gasteiger partial charge in [-0.25, -0.2) is 0 Å². The van der Waals surface area contributed by atoms with Crippen LogP contribution in [0.2, 0.25) is 0 Å². The largest absolute Gasteiger partial charge is 0.375 e. The van der Waals surface area contributed by atoms with Crippen molar-refractivity contribution in [3.63, 3.8) is 0 Å². The lowest BCUT2D eigenvalue weighted by Crippen LogP contribution is -2.23. The van der Waals surface area contributed by atoms with Crippen LogP contribution < -0.4 is 0 Å². The normalized spacial score (nSPS) is 22.3. The van der Waals surface area contributed by atoms with Gasteiger partial charge in [0.2, 0.25) is 0 Å². The molecule has 1 atom stereocenters. The molecule has 1 aliphatic rings. The summed E-state index contributed by atoms with van der Waals surface area (Å²) in [5.74, 6) is 0.578. The summed E-state index contributed by atoms with van der Waals surface area (Å²) >= 11 is 0. The molecule has 0 aromatic heterocycles. The Bertz CT molecular complexity index is 230. The Balaban J connectivity index is 2.40. The van der Waals surface area contributed by atoms with Gasteiger partial charge >= 0.3 is 0 Å². The van der Waals surface area contributed by atoms with Crippen molar-refractivity contribution in [2.75, 3.05) is 6.61 Å². The standard InChI is InChI=1S/C13H22O/c1-5-11-7-6-8-12(9-11)10-14-13(2,3)4/h6-7,9,12H,5,8,10H2,1-4H3. The van der Waals surface area contributed by atoms with Crippen molar-refractivity contribution in [1.29, 1.82) is 0 Å². The molecule has 0 spiro atoms. The molecule has 0 radical (unpaired) electrons. The van der Waals surface area contributed by atoms with Crippen LogP contribution in [-0.4, -0.2) is 12.2 Å². The fraction of sp³-hybridized carbons (Fsp3) is 0.692. The van der Waals surface area contributed by atoms with E-state index < -0.39 is 0 Å². The van der Waals surface area contributed by atoms with Gasteiger partial charge in [-0.15, -0.1) is 0 Å². The molecule has 1 heteroatoms. The lowest BCUT2D eigenvalue weighted by Gasteiger charge is -2.24. The van der Waals surface area contributed by atoms with Crippen molar-refractivity contribution in [2.24, 2.45) is 5.92 Å². The molecule has 1 rings (SSSR count). The zero-order chi connectivity index (χ0) is 10.6. The van der Waals surface area contributed by atoms with Crippen LogP contribution in [-0.2, 0) is 4.74 Å². The number of allylic oxidation sites excluding steroid dienone is 3. The molecule has 80 valence electrons. The van der Waals surface area contributed by atoms with Gasteiger partial charge < -0.3 is 4.74 Å². The van der Waals surface area contributed by atoms with Crippen molar-refractivity contribution >= 4 is 0 Å². The third kappa shape index (κ3) is 4.10. The maximum absolute atomic E-state index is 5.78. The summed E-state index contributed by atoms with van der Waals surface area (Å²) in [6.45, 7) is 9.36. The molecule has 0 heterocycles.